The monoisotopic (exact) mass is 787 g/mol. The van der Waals surface area contributed by atoms with Gasteiger partial charge in [-0.1, -0.05) is 70.8 Å². The van der Waals surface area contributed by atoms with Crippen LogP contribution in [0, 0.1) is 124 Å². The van der Waals surface area contributed by atoms with E-state index in [4.69, 9.17) is 21.0 Å². The van der Waals surface area contributed by atoms with Gasteiger partial charge in [-0.25, -0.2) is 17.6 Å². The first kappa shape index (κ1) is 42.9. The van der Waals surface area contributed by atoms with Crippen LogP contribution in [0.5, 0.6) is 0 Å². The number of nitrogens with zero attached hydrogens (tertiary/aromatic N) is 5. The molecule has 0 radical (unpaired) electrons. The minimum atomic E-state index is -2.10. The maximum absolute atomic E-state index is 12.7. The molecule has 0 saturated heterocycles. The number of nitriles is 4. The molecule has 0 saturated carbocycles. The first-order valence-corrected chi connectivity index (χ1v) is 18.7. The van der Waals surface area contributed by atoms with Gasteiger partial charge >= 0.3 is 0 Å². The van der Waals surface area contributed by atoms with Crippen molar-refractivity contribution in [3.05, 3.63) is 174 Å². The number of hydrogen-bond donors (Lipinski definition) is 0. The second-order valence-corrected chi connectivity index (χ2v) is 14.8. The fourth-order valence-electron chi connectivity index (χ4n) is 7.28. The Hall–Kier alpha value is -7.20. The zero-order chi connectivity index (χ0) is 43.5. The van der Waals surface area contributed by atoms with E-state index in [2.05, 4.69) is 124 Å². The molecule has 6 aromatic carbocycles. The molecular weight excluding hydrogens is 747 g/mol. The summed E-state index contributed by atoms with van der Waals surface area (Å²) in [5.74, 6) is -7.91. The normalized spacial score (nSPS) is 10.7. The van der Waals surface area contributed by atoms with Gasteiger partial charge in [0.1, 0.15) is 35.4 Å². The van der Waals surface area contributed by atoms with E-state index < -0.39 is 34.4 Å². The average Bonchev–Trinajstić information content (AvgIpc) is 3.71. The third-order valence-electron chi connectivity index (χ3n) is 10.9. The Morgan fingerprint density at radius 3 is 1.08 bits per heavy atom. The molecule has 5 nitrogen and oxygen atoms in total. The van der Waals surface area contributed by atoms with Gasteiger partial charge in [0, 0.05) is 28.9 Å². The Bertz CT molecular complexity index is 2710. The number of aromatic nitrogens is 1. The number of benzene rings is 6. The highest BCUT2D eigenvalue weighted by Crippen LogP contribution is 2.37. The van der Waals surface area contributed by atoms with Crippen molar-refractivity contribution in [2.75, 3.05) is 0 Å². The highest BCUT2D eigenvalue weighted by atomic mass is 19.2. The van der Waals surface area contributed by atoms with Crippen molar-refractivity contribution in [1.29, 1.82) is 21.0 Å². The zero-order valence-electron chi connectivity index (χ0n) is 34.4. The van der Waals surface area contributed by atoms with Gasteiger partial charge in [0.15, 0.2) is 23.3 Å². The lowest BCUT2D eigenvalue weighted by atomic mass is 9.90. The molecule has 9 heteroatoms. The molecule has 1 heterocycles. The Morgan fingerprint density at radius 1 is 0.424 bits per heavy atom. The summed E-state index contributed by atoms with van der Waals surface area (Å²) in [6.07, 6.45) is 1.10. The molecular formula is C50H41F4N5. The van der Waals surface area contributed by atoms with E-state index in [-0.39, 0.29) is 0 Å². The summed E-state index contributed by atoms with van der Waals surface area (Å²) in [6, 6.07) is 33.2. The van der Waals surface area contributed by atoms with Crippen LogP contribution >= 0.6 is 0 Å². The van der Waals surface area contributed by atoms with Crippen molar-refractivity contribution >= 4 is 21.8 Å². The van der Waals surface area contributed by atoms with Gasteiger partial charge in [-0.15, -0.1) is 0 Å². The fourth-order valence-corrected chi connectivity index (χ4v) is 7.28. The standard InChI is InChI=1S/C15H15N.C15H14.C12H12N2.C8F4N2/c1-10-4-6-14-12(8-10)13-9-11(2)5-7-15(13)16(14)3;1-10-3-5-12-9-13-6-4-11(2)8-15(13)14(12)7-10;1-7-8(2)10(4)12(6-14)11(5-13)9(7)3;9-5-3(1-13)4(2-14)6(10)8(12)7(5)11/h4-9H,1-3H3;3-8H,9H2,1-2H3;1-4H3;. The van der Waals surface area contributed by atoms with Crippen LogP contribution in [0.1, 0.15) is 77.9 Å². The average molecular weight is 788 g/mol. The van der Waals surface area contributed by atoms with Crippen LogP contribution in [-0.4, -0.2) is 4.57 Å². The lowest BCUT2D eigenvalue weighted by Crippen LogP contribution is -2.04. The number of aryl methyl sites for hydroxylation is 5. The van der Waals surface area contributed by atoms with E-state index in [0.717, 1.165) is 40.8 Å². The lowest BCUT2D eigenvalue weighted by Gasteiger charge is -2.12. The van der Waals surface area contributed by atoms with E-state index >= 15 is 0 Å². The van der Waals surface area contributed by atoms with Crippen LogP contribution in [0.3, 0.4) is 0 Å². The molecule has 7 aromatic rings. The highest BCUT2D eigenvalue weighted by Gasteiger charge is 2.25. The predicted octanol–water partition coefficient (Wildman–Crippen LogP) is 12.5. The molecule has 0 aliphatic heterocycles. The SMILES string of the molecule is Cc1c(C)c(C)c(C#N)c(C#N)c1C.Cc1ccc2c(c1)-c1cc(C)ccc1C2.Cc1ccc2c(c1)c1cc(C)ccc1n2C.N#Cc1c(F)c(F)c(F)c(F)c1C#N. The summed E-state index contributed by atoms with van der Waals surface area (Å²) >= 11 is 0. The fraction of sp³-hybridized carbons (Fsp3) is 0.200. The second kappa shape index (κ2) is 17.5. The number of fused-ring (bicyclic) bond motifs is 6. The second-order valence-electron chi connectivity index (χ2n) is 14.8. The molecule has 0 bridgehead atoms. The largest absolute Gasteiger partial charge is 0.344 e. The Morgan fingerprint density at radius 2 is 0.746 bits per heavy atom. The predicted molar refractivity (Wildman–Crippen MR) is 225 cm³/mol. The van der Waals surface area contributed by atoms with Gasteiger partial charge in [-0.2, -0.15) is 21.0 Å². The number of hydrogen-bond acceptors (Lipinski definition) is 4. The molecule has 294 valence electrons. The van der Waals surface area contributed by atoms with Crippen LogP contribution in [0.4, 0.5) is 17.6 Å². The minimum Gasteiger partial charge on any atom is -0.344 e. The summed E-state index contributed by atoms with van der Waals surface area (Å²) in [4.78, 5) is 0. The molecule has 1 aromatic heterocycles. The van der Waals surface area contributed by atoms with Crippen LogP contribution < -0.4 is 0 Å². The van der Waals surface area contributed by atoms with Crippen molar-refractivity contribution in [1.82, 2.24) is 4.57 Å². The molecule has 0 fully saturated rings. The van der Waals surface area contributed by atoms with Gasteiger partial charge in [0.05, 0.1) is 11.1 Å². The van der Waals surface area contributed by atoms with Gasteiger partial charge in [0.25, 0.3) is 0 Å². The van der Waals surface area contributed by atoms with Crippen molar-refractivity contribution < 1.29 is 17.6 Å². The van der Waals surface area contributed by atoms with Crippen molar-refractivity contribution in [2.45, 2.75) is 61.8 Å². The Labute approximate surface area is 342 Å². The minimum absolute atomic E-state index is 0.521. The number of rotatable bonds is 0. The molecule has 1 aliphatic rings. The zero-order valence-corrected chi connectivity index (χ0v) is 34.4. The number of halogens is 4. The maximum atomic E-state index is 12.7. The highest BCUT2D eigenvalue weighted by molar-refractivity contribution is 6.08. The van der Waals surface area contributed by atoms with E-state index in [0.29, 0.717) is 11.1 Å². The van der Waals surface area contributed by atoms with Gasteiger partial charge in [-0.05, 0) is 131 Å². The molecule has 0 N–H and O–H groups in total. The summed E-state index contributed by atoms with van der Waals surface area (Å²) in [7, 11) is 2.13. The first-order chi connectivity index (χ1) is 28.0. The molecule has 0 spiro atoms. The topological polar surface area (TPSA) is 100 Å². The smallest absolute Gasteiger partial charge is 0.198 e. The summed E-state index contributed by atoms with van der Waals surface area (Å²) in [5.41, 5.74) is 16.6. The maximum Gasteiger partial charge on any atom is 0.198 e. The van der Waals surface area contributed by atoms with Crippen molar-refractivity contribution in [3.8, 4) is 35.4 Å². The Balaban J connectivity index is 0.000000150. The third-order valence-corrected chi connectivity index (χ3v) is 10.9. The van der Waals surface area contributed by atoms with Crippen LogP contribution in [-0.2, 0) is 13.5 Å². The van der Waals surface area contributed by atoms with Gasteiger partial charge in [-0.3, -0.25) is 0 Å². The molecule has 8 rings (SSSR count). The van der Waals surface area contributed by atoms with E-state index in [1.807, 2.05) is 27.7 Å². The van der Waals surface area contributed by atoms with E-state index in [1.165, 1.54) is 66.3 Å². The first-order valence-electron chi connectivity index (χ1n) is 18.7. The van der Waals surface area contributed by atoms with Crippen LogP contribution in [0.15, 0.2) is 72.8 Å². The summed E-state index contributed by atoms with van der Waals surface area (Å²) in [6.45, 7) is 16.4. The lowest BCUT2D eigenvalue weighted by molar-refractivity contribution is 0.406. The van der Waals surface area contributed by atoms with Gasteiger partial charge < -0.3 is 4.57 Å². The van der Waals surface area contributed by atoms with Gasteiger partial charge in [0.2, 0.25) is 0 Å². The summed E-state index contributed by atoms with van der Waals surface area (Å²) in [5, 5.41) is 37.2. The molecule has 0 amide bonds. The molecule has 59 heavy (non-hydrogen) atoms. The summed E-state index contributed by atoms with van der Waals surface area (Å²) < 4.78 is 52.7. The van der Waals surface area contributed by atoms with Crippen LogP contribution in [0.2, 0.25) is 0 Å². The molecule has 0 unspecified atom stereocenters. The van der Waals surface area contributed by atoms with E-state index in [1.54, 1.807) is 0 Å². The third kappa shape index (κ3) is 8.29. The molecule has 1 aliphatic carbocycles. The van der Waals surface area contributed by atoms with E-state index in [9.17, 15) is 17.6 Å². The quantitative estimate of drug-likeness (QED) is 0.0867. The van der Waals surface area contributed by atoms with Crippen LogP contribution in [0.25, 0.3) is 32.9 Å². The van der Waals surface area contributed by atoms with Crippen molar-refractivity contribution in [2.24, 2.45) is 7.05 Å². The van der Waals surface area contributed by atoms with Crippen molar-refractivity contribution in [3.63, 3.8) is 0 Å². The Kier molecular flexibility index (Phi) is 12.7. The molecule has 0 atom stereocenters.